The summed E-state index contributed by atoms with van der Waals surface area (Å²) in [6, 6.07) is 10.5. The van der Waals surface area contributed by atoms with Gasteiger partial charge in [0.2, 0.25) is 8.32 Å². The monoisotopic (exact) mass is 378 g/mol. The average molecular weight is 379 g/mol. The summed E-state index contributed by atoms with van der Waals surface area (Å²) in [6.07, 6.45) is 3.90. The highest BCUT2D eigenvalue weighted by molar-refractivity contribution is 6.77. The van der Waals surface area contributed by atoms with Gasteiger partial charge in [0.05, 0.1) is 0 Å². The van der Waals surface area contributed by atoms with E-state index in [0.29, 0.717) is 16.6 Å². The number of benzene rings is 1. The smallest absolute Gasteiger partial charge is 0.303 e. The fourth-order valence-corrected chi connectivity index (χ4v) is 10.0. The van der Waals surface area contributed by atoms with Crippen LogP contribution in [0.15, 0.2) is 30.3 Å². The lowest BCUT2D eigenvalue weighted by Gasteiger charge is -2.45. The number of hydrogen-bond acceptors (Lipinski definition) is 2. The fourth-order valence-electron chi connectivity index (χ4n) is 4.42. The van der Waals surface area contributed by atoms with Crippen molar-refractivity contribution in [2.24, 2.45) is 0 Å². The van der Waals surface area contributed by atoms with Crippen LogP contribution >= 0.6 is 0 Å². The molecule has 0 radical (unpaired) electrons. The van der Waals surface area contributed by atoms with Crippen LogP contribution in [-0.2, 0) is 15.6 Å². The number of aliphatic carboxylic acids is 1. The van der Waals surface area contributed by atoms with Gasteiger partial charge in [-0.05, 0) is 41.4 Å². The molecule has 0 amide bonds. The third kappa shape index (κ3) is 6.55. The maximum absolute atomic E-state index is 10.8. The average Bonchev–Trinajstić information content (AvgIpc) is 2.55. The second kappa shape index (κ2) is 10.9. The Bertz CT molecular complexity index is 504. The summed E-state index contributed by atoms with van der Waals surface area (Å²) < 4.78 is 7.02. The van der Waals surface area contributed by atoms with Gasteiger partial charge < -0.3 is 9.53 Å². The van der Waals surface area contributed by atoms with Crippen molar-refractivity contribution in [2.45, 2.75) is 96.4 Å². The number of rotatable bonds is 12. The van der Waals surface area contributed by atoms with E-state index in [9.17, 15) is 4.79 Å². The molecule has 0 aliphatic heterocycles. The lowest BCUT2D eigenvalue weighted by atomic mass is 10.0. The minimum atomic E-state index is -1.94. The predicted molar refractivity (Wildman–Crippen MR) is 112 cm³/mol. The first kappa shape index (κ1) is 22.9. The molecule has 3 nitrogen and oxygen atoms in total. The molecule has 0 spiro atoms. The molecule has 1 aromatic carbocycles. The maximum Gasteiger partial charge on any atom is 0.303 e. The largest absolute Gasteiger partial charge is 0.481 e. The number of unbranched alkanes of at least 4 members (excludes halogenated alkanes) is 1. The van der Waals surface area contributed by atoms with Gasteiger partial charge in [-0.2, -0.15) is 0 Å². The quantitative estimate of drug-likeness (QED) is 0.336. The molecule has 0 bridgehead atoms. The fraction of sp³-hybridized carbons (Fsp3) is 0.682. The van der Waals surface area contributed by atoms with Crippen LogP contribution in [0.4, 0.5) is 0 Å². The summed E-state index contributed by atoms with van der Waals surface area (Å²) in [4.78, 5) is 10.8. The number of carbonyl (C=O) groups is 1. The summed E-state index contributed by atoms with van der Waals surface area (Å²) in [6.45, 7) is 13.9. The molecule has 1 N–H and O–H groups in total. The summed E-state index contributed by atoms with van der Waals surface area (Å²) in [7, 11) is -1.94. The zero-order valence-corrected chi connectivity index (χ0v) is 18.5. The second-order valence-electron chi connectivity index (χ2n) is 8.39. The van der Waals surface area contributed by atoms with E-state index in [1.807, 2.05) is 6.07 Å². The molecule has 0 aromatic heterocycles. The van der Waals surface area contributed by atoms with Crippen molar-refractivity contribution < 1.29 is 14.3 Å². The van der Waals surface area contributed by atoms with Gasteiger partial charge in [0.15, 0.2) is 0 Å². The lowest BCUT2D eigenvalue weighted by Crippen LogP contribution is -2.50. The molecule has 0 saturated carbocycles. The molecule has 1 rings (SSSR count). The maximum atomic E-state index is 10.8. The minimum Gasteiger partial charge on any atom is -0.481 e. The van der Waals surface area contributed by atoms with Gasteiger partial charge in [-0.15, -0.1) is 0 Å². The highest BCUT2D eigenvalue weighted by Gasteiger charge is 2.46. The van der Waals surface area contributed by atoms with Gasteiger partial charge in [-0.25, -0.2) is 0 Å². The van der Waals surface area contributed by atoms with E-state index >= 15 is 0 Å². The molecule has 148 valence electrons. The van der Waals surface area contributed by atoms with Crippen LogP contribution in [0.5, 0.6) is 0 Å². The van der Waals surface area contributed by atoms with E-state index < -0.39 is 14.3 Å². The highest BCUT2D eigenvalue weighted by atomic mass is 28.4. The van der Waals surface area contributed by atoms with Crippen molar-refractivity contribution in [2.75, 3.05) is 0 Å². The molecule has 4 heteroatoms. The topological polar surface area (TPSA) is 46.5 Å². The van der Waals surface area contributed by atoms with Crippen molar-refractivity contribution in [3.05, 3.63) is 35.9 Å². The molecule has 1 unspecified atom stereocenters. The predicted octanol–water partition coefficient (Wildman–Crippen LogP) is 6.43. The normalized spacial score (nSPS) is 13.6. The van der Waals surface area contributed by atoms with Crippen molar-refractivity contribution in [1.82, 2.24) is 0 Å². The van der Waals surface area contributed by atoms with E-state index in [-0.39, 0.29) is 12.5 Å². The molecule has 0 heterocycles. The Morgan fingerprint density at radius 3 is 1.96 bits per heavy atom. The van der Waals surface area contributed by atoms with Crippen molar-refractivity contribution in [3.63, 3.8) is 0 Å². The van der Waals surface area contributed by atoms with Crippen LogP contribution in [-0.4, -0.2) is 25.5 Å². The Morgan fingerprint density at radius 2 is 1.50 bits per heavy atom. The third-order valence-corrected chi connectivity index (χ3v) is 11.7. The first-order chi connectivity index (χ1) is 12.2. The van der Waals surface area contributed by atoms with Crippen LogP contribution in [0.2, 0.25) is 16.6 Å². The van der Waals surface area contributed by atoms with Crippen LogP contribution in [0.3, 0.4) is 0 Å². The van der Waals surface area contributed by atoms with E-state index in [0.717, 1.165) is 25.7 Å². The molecule has 26 heavy (non-hydrogen) atoms. The van der Waals surface area contributed by atoms with E-state index in [1.165, 1.54) is 5.56 Å². The second-order valence-corrected chi connectivity index (χ2v) is 13.8. The summed E-state index contributed by atoms with van der Waals surface area (Å²) in [5.41, 5.74) is 2.97. The van der Waals surface area contributed by atoms with Crippen molar-refractivity contribution in [1.29, 1.82) is 0 Å². The standard InChI is InChI=1S/C22H38O3Si/c1-17(2)26(18(3)4,19(5)6)25-21(14-10-11-15-22(23)24)16-20-12-8-7-9-13-20/h7-9,12-13,17-19,21H,10-11,14-16H2,1-6H3,(H,23,24). The van der Waals surface area contributed by atoms with E-state index in [4.69, 9.17) is 9.53 Å². The molecule has 0 fully saturated rings. The van der Waals surface area contributed by atoms with Crippen molar-refractivity contribution >= 4 is 14.3 Å². The first-order valence-corrected chi connectivity index (χ1v) is 12.3. The van der Waals surface area contributed by atoms with Gasteiger partial charge in [0, 0.05) is 12.5 Å². The minimum absolute atomic E-state index is 0.171. The van der Waals surface area contributed by atoms with Gasteiger partial charge in [0.25, 0.3) is 0 Å². The van der Waals surface area contributed by atoms with Crippen LogP contribution in [0.1, 0.15) is 72.8 Å². The van der Waals surface area contributed by atoms with E-state index in [1.54, 1.807) is 0 Å². The molecule has 0 aliphatic carbocycles. The van der Waals surface area contributed by atoms with Crippen LogP contribution in [0.25, 0.3) is 0 Å². The number of hydrogen-bond donors (Lipinski definition) is 1. The molecule has 1 atom stereocenters. The zero-order chi connectivity index (χ0) is 19.7. The Labute approximate surface area is 161 Å². The highest BCUT2D eigenvalue weighted by Crippen LogP contribution is 2.43. The van der Waals surface area contributed by atoms with Gasteiger partial charge in [-0.3, -0.25) is 4.79 Å². The summed E-state index contributed by atoms with van der Waals surface area (Å²) in [5, 5.41) is 8.89. The molecular weight excluding hydrogens is 340 g/mol. The molecule has 0 aliphatic rings. The van der Waals surface area contributed by atoms with E-state index in [2.05, 4.69) is 65.8 Å². The first-order valence-electron chi connectivity index (χ1n) is 10.1. The van der Waals surface area contributed by atoms with Crippen LogP contribution < -0.4 is 0 Å². The van der Waals surface area contributed by atoms with Crippen molar-refractivity contribution in [3.8, 4) is 0 Å². The van der Waals surface area contributed by atoms with Gasteiger partial charge >= 0.3 is 5.97 Å². The Hall–Kier alpha value is -1.13. The zero-order valence-electron chi connectivity index (χ0n) is 17.5. The summed E-state index contributed by atoms with van der Waals surface area (Å²) in [5.74, 6) is -0.708. The number of carboxylic acid groups (broad SMARTS) is 1. The summed E-state index contributed by atoms with van der Waals surface area (Å²) >= 11 is 0. The lowest BCUT2D eigenvalue weighted by molar-refractivity contribution is -0.137. The van der Waals surface area contributed by atoms with Gasteiger partial charge in [0.1, 0.15) is 0 Å². The Kier molecular flexibility index (Phi) is 9.59. The van der Waals surface area contributed by atoms with Crippen LogP contribution in [0, 0.1) is 0 Å². The Morgan fingerprint density at radius 1 is 0.962 bits per heavy atom. The Balaban J connectivity index is 2.95. The number of carboxylic acids is 1. The third-order valence-electron chi connectivity index (χ3n) is 5.55. The SMILES string of the molecule is CC(C)[Si](OC(CCCCC(=O)O)Cc1ccccc1)(C(C)C)C(C)C. The molecule has 0 saturated heterocycles. The van der Waals surface area contributed by atoms with Gasteiger partial charge in [-0.1, -0.05) is 78.3 Å². The molecule has 1 aromatic rings. The molecular formula is C22H38O3Si.